The van der Waals surface area contributed by atoms with E-state index in [2.05, 4.69) is 0 Å². The largest absolute Gasteiger partial charge is 0.512 e. The molecule has 0 aromatic heterocycles. The van der Waals surface area contributed by atoms with E-state index in [1.54, 1.807) is 12.1 Å². The third-order valence-corrected chi connectivity index (χ3v) is 2.69. The number of halogens is 4. The average molecular weight is 299 g/mol. The van der Waals surface area contributed by atoms with Crippen molar-refractivity contribution >= 4 is 12.4 Å². The van der Waals surface area contributed by atoms with Gasteiger partial charge >= 0.3 is 6.98 Å². The topological polar surface area (TPSA) is 18.5 Å². The number of rotatable bonds is 6. The molecule has 0 saturated heterocycles. The highest BCUT2D eigenvalue weighted by Gasteiger charge is 2.28. The van der Waals surface area contributed by atoms with Crippen molar-refractivity contribution in [3.05, 3.63) is 54.3 Å². The van der Waals surface area contributed by atoms with Gasteiger partial charge < -0.3 is 22.4 Å². The van der Waals surface area contributed by atoms with Crippen LogP contribution in [0.5, 0.6) is 11.5 Å². The molecule has 2 rings (SSSR count). The Morgan fingerprint density at radius 1 is 0.810 bits per heavy atom. The van der Waals surface area contributed by atoms with Gasteiger partial charge in [0.05, 0.1) is 5.82 Å². The molecule has 0 fully saturated rings. The molecular weight excluding hydrogens is 287 g/mol. The van der Waals surface area contributed by atoms with E-state index in [4.69, 9.17) is 9.47 Å². The van der Waals surface area contributed by atoms with Crippen LogP contribution < -0.4 is 14.9 Å². The van der Waals surface area contributed by atoms with Gasteiger partial charge in [-0.2, -0.15) is 0 Å². The van der Waals surface area contributed by atoms with E-state index in [-0.39, 0.29) is 19.0 Å². The SMILES string of the molecule is Fc1cc(OCCOc2ccccc2)ccc1[B-](F)(F)F. The molecule has 0 spiro atoms. The van der Waals surface area contributed by atoms with Gasteiger partial charge in [0.25, 0.3) is 0 Å². The first-order valence-electron chi connectivity index (χ1n) is 6.27. The van der Waals surface area contributed by atoms with Crippen LogP contribution in [0.25, 0.3) is 0 Å². The second-order valence-electron chi connectivity index (χ2n) is 4.27. The summed E-state index contributed by atoms with van der Waals surface area (Å²) in [6, 6.07) is 11.5. The normalized spacial score (nSPS) is 11.2. The molecule has 112 valence electrons. The van der Waals surface area contributed by atoms with Gasteiger partial charge in [-0.05, 0) is 18.2 Å². The number of hydrogen-bond donors (Lipinski definition) is 0. The lowest BCUT2D eigenvalue weighted by Gasteiger charge is -2.16. The first-order chi connectivity index (χ1) is 9.97. The first kappa shape index (κ1) is 15.2. The van der Waals surface area contributed by atoms with Crippen LogP contribution in [0.4, 0.5) is 17.3 Å². The minimum Gasteiger partial charge on any atom is -0.490 e. The Labute approximate surface area is 119 Å². The van der Waals surface area contributed by atoms with E-state index in [9.17, 15) is 17.3 Å². The molecule has 0 unspecified atom stereocenters. The standard InChI is InChI=1S/C14H12BF4O2/c16-14-10-12(6-7-13(14)15(17,18)19)21-9-8-20-11-4-2-1-3-5-11/h1-7,10H,8-9H2/q-1. The molecule has 2 aromatic carbocycles. The van der Waals surface area contributed by atoms with Crippen molar-refractivity contribution in [2.24, 2.45) is 0 Å². The molecule has 0 aliphatic carbocycles. The Kier molecular flexibility index (Phi) is 4.72. The maximum Gasteiger partial charge on any atom is 0.512 e. The summed E-state index contributed by atoms with van der Waals surface area (Å²) in [5.74, 6) is -0.640. The van der Waals surface area contributed by atoms with Gasteiger partial charge in [-0.3, -0.25) is 0 Å². The van der Waals surface area contributed by atoms with Gasteiger partial charge in [-0.25, -0.2) is 4.39 Å². The van der Waals surface area contributed by atoms with Crippen molar-refractivity contribution in [2.75, 3.05) is 13.2 Å². The van der Waals surface area contributed by atoms with Crippen LogP contribution in [-0.4, -0.2) is 20.2 Å². The van der Waals surface area contributed by atoms with Crippen LogP contribution in [0.15, 0.2) is 48.5 Å². The third kappa shape index (κ3) is 4.41. The highest BCUT2D eigenvalue weighted by molar-refractivity contribution is 6.73. The number of ether oxygens (including phenoxy) is 2. The molecule has 7 heteroatoms. The molecule has 2 nitrogen and oxygen atoms in total. The average Bonchev–Trinajstić information content (AvgIpc) is 2.43. The van der Waals surface area contributed by atoms with E-state index < -0.39 is 18.3 Å². The van der Waals surface area contributed by atoms with Gasteiger partial charge in [0.1, 0.15) is 24.7 Å². The lowest BCUT2D eigenvalue weighted by atomic mass is 9.80. The van der Waals surface area contributed by atoms with E-state index in [0.29, 0.717) is 11.8 Å². The van der Waals surface area contributed by atoms with E-state index >= 15 is 0 Å². The monoisotopic (exact) mass is 299 g/mol. The van der Waals surface area contributed by atoms with Crippen LogP contribution >= 0.6 is 0 Å². The molecule has 0 saturated carbocycles. The quantitative estimate of drug-likeness (QED) is 0.463. The predicted octanol–water partition coefficient (Wildman–Crippen LogP) is 3.34. The molecule has 0 atom stereocenters. The zero-order valence-corrected chi connectivity index (χ0v) is 10.9. The summed E-state index contributed by atoms with van der Waals surface area (Å²) >= 11 is 0. The van der Waals surface area contributed by atoms with Gasteiger partial charge in [0, 0.05) is 6.07 Å². The summed E-state index contributed by atoms with van der Waals surface area (Å²) in [5.41, 5.74) is -1.25. The minimum absolute atomic E-state index is 0.0351. The summed E-state index contributed by atoms with van der Waals surface area (Å²) in [4.78, 5) is 0. The van der Waals surface area contributed by atoms with Crippen LogP contribution in [0.1, 0.15) is 0 Å². The molecule has 0 bridgehead atoms. The second kappa shape index (κ2) is 6.52. The van der Waals surface area contributed by atoms with Gasteiger partial charge in [-0.15, -0.1) is 0 Å². The van der Waals surface area contributed by atoms with Gasteiger partial charge in [-0.1, -0.05) is 29.7 Å². The van der Waals surface area contributed by atoms with Crippen LogP contribution in [0, 0.1) is 5.82 Å². The summed E-state index contributed by atoms with van der Waals surface area (Å²) in [6.07, 6.45) is 0. The van der Waals surface area contributed by atoms with E-state index in [1.165, 1.54) is 0 Å². The van der Waals surface area contributed by atoms with Crippen molar-refractivity contribution in [2.45, 2.75) is 0 Å². The zero-order valence-electron chi connectivity index (χ0n) is 10.9. The minimum atomic E-state index is -5.35. The van der Waals surface area contributed by atoms with E-state index in [1.807, 2.05) is 18.2 Å². The molecule has 2 aromatic rings. The smallest absolute Gasteiger partial charge is 0.490 e. The molecule has 0 radical (unpaired) electrons. The molecule has 0 aliphatic heterocycles. The maximum atomic E-state index is 13.3. The van der Waals surface area contributed by atoms with Crippen LogP contribution in [0.3, 0.4) is 0 Å². The fourth-order valence-electron chi connectivity index (χ4n) is 1.70. The van der Waals surface area contributed by atoms with Crippen molar-refractivity contribution in [3.8, 4) is 11.5 Å². The Hall–Kier alpha value is -2.18. The summed E-state index contributed by atoms with van der Waals surface area (Å²) in [7, 11) is 0. The van der Waals surface area contributed by atoms with Crippen molar-refractivity contribution < 1.29 is 26.8 Å². The summed E-state index contributed by atoms with van der Waals surface area (Å²) in [5, 5.41) is 0. The molecule has 0 aliphatic rings. The number of hydrogen-bond acceptors (Lipinski definition) is 2. The summed E-state index contributed by atoms with van der Waals surface area (Å²) in [6.45, 7) is -5.05. The second-order valence-corrected chi connectivity index (χ2v) is 4.27. The lowest BCUT2D eigenvalue weighted by molar-refractivity contribution is 0.216. The fourth-order valence-corrected chi connectivity index (χ4v) is 1.70. The first-order valence-corrected chi connectivity index (χ1v) is 6.27. The molecular formula is C14H12BF4O2-. The van der Waals surface area contributed by atoms with Crippen LogP contribution in [0.2, 0.25) is 0 Å². The van der Waals surface area contributed by atoms with Crippen molar-refractivity contribution in [1.29, 1.82) is 0 Å². The summed E-state index contributed by atoms with van der Waals surface area (Å²) < 4.78 is 61.1. The number of para-hydroxylation sites is 1. The molecule has 21 heavy (non-hydrogen) atoms. The highest BCUT2D eigenvalue weighted by Crippen LogP contribution is 2.17. The third-order valence-electron chi connectivity index (χ3n) is 2.69. The lowest BCUT2D eigenvalue weighted by Crippen LogP contribution is -2.36. The Bertz CT molecular complexity index is 587. The van der Waals surface area contributed by atoms with Gasteiger partial charge in [0.2, 0.25) is 0 Å². The number of benzene rings is 2. The fraction of sp³-hybridized carbons (Fsp3) is 0.143. The predicted molar refractivity (Wildman–Crippen MR) is 72.5 cm³/mol. The van der Waals surface area contributed by atoms with Crippen molar-refractivity contribution in [1.82, 2.24) is 0 Å². The van der Waals surface area contributed by atoms with Gasteiger partial charge in [0.15, 0.2) is 0 Å². The zero-order chi connectivity index (χ0) is 15.3. The van der Waals surface area contributed by atoms with Crippen LogP contribution in [-0.2, 0) is 0 Å². The highest BCUT2D eigenvalue weighted by atomic mass is 19.4. The molecule has 0 heterocycles. The Morgan fingerprint density at radius 3 is 2.00 bits per heavy atom. The van der Waals surface area contributed by atoms with Crippen molar-refractivity contribution in [3.63, 3.8) is 0 Å². The Balaban J connectivity index is 1.85. The Morgan fingerprint density at radius 2 is 1.43 bits per heavy atom. The molecule has 0 amide bonds. The maximum absolute atomic E-state index is 13.3. The van der Waals surface area contributed by atoms with E-state index in [0.717, 1.165) is 12.1 Å². The molecule has 0 N–H and O–H groups in total.